The zero-order valence-electron chi connectivity index (χ0n) is 9.65. The lowest BCUT2D eigenvalue weighted by atomic mass is 10.1. The Bertz CT molecular complexity index is 464. The van der Waals surface area contributed by atoms with Gasteiger partial charge in [-0.25, -0.2) is 4.39 Å². The highest BCUT2D eigenvalue weighted by Gasteiger charge is 2.22. The van der Waals surface area contributed by atoms with Crippen molar-refractivity contribution in [2.75, 3.05) is 5.33 Å². The summed E-state index contributed by atoms with van der Waals surface area (Å²) in [6, 6.07) is 2.66. The number of nitrogens with zero attached hydrogens (tertiary/aromatic N) is 1. The number of hydrogen-bond donors (Lipinski definition) is 1. The zero-order chi connectivity index (χ0) is 13.7. The van der Waals surface area contributed by atoms with Gasteiger partial charge in [0.15, 0.2) is 0 Å². The van der Waals surface area contributed by atoms with Crippen LogP contribution in [-0.2, 0) is 0 Å². The van der Waals surface area contributed by atoms with Crippen LogP contribution in [-0.4, -0.2) is 22.2 Å². The maximum Gasteiger partial charge on any atom is 0.282 e. The van der Waals surface area contributed by atoms with Gasteiger partial charge < -0.3 is 5.32 Å². The van der Waals surface area contributed by atoms with Gasteiger partial charge in [0.05, 0.1) is 4.92 Å². The summed E-state index contributed by atoms with van der Waals surface area (Å²) >= 11 is 3.22. The van der Waals surface area contributed by atoms with Crippen molar-refractivity contribution < 1.29 is 14.1 Å². The Morgan fingerprint density at radius 1 is 1.61 bits per heavy atom. The number of rotatable bonds is 5. The molecule has 0 aromatic heterocycles. The third-order valence-corrected chi connectivity index (χ3v) is 3.20. The lowest BCUT2D eigenvalue weighted by Crippen LogP contribution is -2.35. The van der Waals surface area contributed by atoms with Gasteiger partial charge in [-0.2, -0.15) is 0 Å². The minimum absolute atomic E-state index is 0.152. The molecule has 0 saturated heterocycles. The third kappa shape index (κ3) is 3.49. The molecule has 1 rings (SSSR count). The molecule has 1 aromatic carbocycles. The summed E-state index contributed by atoms with van der Waals surface area (Å²) in [5.74, 6) is -1.33. The molecule has 1 unspecified atom stereocenters. The van der Waals surface area contributed by atoms with Crippen molar-refractivity contribution in [2.45, 2.75) is 19.4 Å². The second-order valence-corrected chi connectivity index (χ2v) is 4.30. The Morgan fingerprint density at radius 2 is 2.28 bits per heavy atom. The predicted molar refractivity (Wildman–Crippen MR) is 68.4 cm³/mol. The fourth-order valence-corrected chi connectivity index (χ4v) is 1.98. The van der Waals surface area contributed by atoms with Crippen molar-refractivity contribution in [3.8, 4) is 0 Å². The molecular formula is C11H12BrFN2O3. The van der Waals surface area contributed by atoms with E-state index in [1.54, 1.807) is 0 Å². The van der Waals surface area contributed by atoms with Crippen molar-refractivity contribution in [1.82, 2.24) is 5.32 Å². The van der Waals surface area contributed by atoms with E-state index in [1.807, 2.05) is 6.92 Å². The van der Waals surface area contributed by atoms with Gasteiger partial charge in [-0.1, -0.05) is 22.9 Å². The van der Waals surface area contributed by atoms with Crippen LogP contribution in [0.15, 0.2) is 18.2 Å². The molecule has 98 valence electrons. The van der Waals surface area contributed by atoms with Crippen molar-refractivity contribution in [3.05, 3.63) is 39.7 Å². The first-order valence-electron chi connectivity index (χ1n) is 5.30. The highest BCUT2D eigenvalue weighted by atomic mass is 79.9. The summed E-state index contributed by atoms with van der Waals surface area (Å²) in [6.45, 7) is 1.87. The van der Waals surface area contributed by atoms with Gasteiger partial charge in [0.25, 0.3) is 11.6 Å². The molecule has 0 bridgehead atoms. The molecule has 5 nitrogen and oxygen atoms in total. The van der Waals surface area contributed by atoms with Crippen LogP contribution in [0.25, 0.3) is 0 Å². The van der Waals surface area contributed by atoms with Gasteiger partial charge in [-0.3, -0.25) is 14.9 Å². The zero-order valence-corrected chi connectivity index (χ0v) is 11.2. The minimum atomic E-state index is -0.705. The van der Waals surface area contributed by atoms with Gasteiger partial charge in [0.2, 0.25) is 0 Å². The Balaban J connectivity index is 3.03. The lowest BCUT2D eigenvalue weighted by Gasteiger charge is -2.13. The largest absolute Gasteiger partial charge is 0.348 e. The quantitative estimate of drug-likeness (QED) is 0.515. The molecule has 0 saturated carbocycles. The normalized spacial score (nSPS) is 11.9. The number of carbonyl (C=O) groups excluding carboxylic acids is 1. The van der Waals surface area contributed by atoms with E-state index in [1.165, 1.54) is 0 Å². The summed E-state index contributed by atoms with van der Waals surface area (Å²) in [5, 5.41) is 13.9. The van der Waals surface area contributed by atoms with Crippen LogP contribution in [0.2, 0.25) is 0 Å². The molecule has 0 aliphatic rings. The molecule has 0 aliphatic carbocycles. The van der Waals surface area contributed by atoms with E-state index in [9.17, 15) is 19.3 Å². The first kappa shape index (κ1) is 14.6. The maximum absolute atomic E-state index is 13.1. The van der Waals surface area contributed by atoms with Gasteiger partial charge in [0, 0.05) is 17.4 Å². The van der Waals surface area contributed by atoms with Gasteiger partial charge >= 0.3 is 0 Å². The van der Waals surface area contributed by atoms with E-state index < -0.39 is 22.3 Å². The number of hydrogen-bond acceptors (Lipinski definition) is 3. The minimum Gasteiger partial charge on any atom is -0.348 e. The Labute approximate surface area is 112 Å². The smallest absolute Gasteiger partial charge is 0.282 e. The van der Waals surface area contributed by atoms with E-state index in [0.29, 0.717) is 11.8 Å². The number of carbonyl (C=O) groups is 1. The molecule has 0 fully saturated rings. The molecule has 1 atom stereocenters. The molecule has 0 radical (unpaired) electrons. The maximum atomic E-state index is 13.1. The van der Waals surface area contributed by atoms with E-state index in [4.69, 9.17) is 0 Å². The molecule has 1 amide bonds. The van der Waals surface area contributed by atoms with Gasteiger partial charge in [-0.15, -0.1) is 0 Å². The Hall–Kier alpha value is -1.50. The Kier molecular flexibility index (Phi) is 5.21. The van der Waals surface area contributed by atoms with Gasteiger partial charge in [-0.05, 0) is 18.6 Å². The van der Waals surface area contributed by atoms with Crippen LogP contribution >= 0.6 is 15.9 Å². The first-order valence-corrected chi connectivity index (χ1v) is 6.42. The molecule has 1 aromatic rings. The number of nitrogens with one attached hydrogen (secondary N) is 1. The molecule has 0 aliphatic heterocycles. The van der Waals surface area contributed by atoms with Crippen molar-refractivity contribution in [3.63, 3.8) is 0 Å². The SMILES string of the molecule is CCC(CBr)NC(=O)c1cc(F)ccc1[N+](=O)[O-]. The van der Waals surface area contributed by atoms with Crippen LogP contribution in [0.5, 0.6) is 0 Å². The molecule has 0 heterocycles. The number of halogens is 2. The summed E-state index contributed by atoms with van der Waals surface area (Å²) < 4.78 is 13.1. The van der Waals surface area contributed by atoms with Crippen molar-refractivity contribution in [2.24, 2.45) is 0 Å². The number of amides is 1. The third-order valence-electron chi connectivity index (χ3n) is 2.41. The monoisotopic (exact) mass is 318 g/mol. The highest BCUT2D eigenvalue weighted by Crippen LogP contribution is 2.19. The van der Waals surface area contributed by atoms with Crippen LogP contribution < -0.4 is 5.32 Å². The van der Waals surface area contributed by atoms with Crippen molar-refractivity contribution >= 4 is 27.5 Å². The number of nitro groups is 1. The molecule has 7 heteroatoms. The average molecular weight is 319 g/mol. The first-order chi connectivity index (χ1) is 8.49. The van der Waals surface area contributed by atoms with Crippen LogP contribution in [0, 0.1) is 15.9 Å². The Morgan fingerprint density at radius 3 is 2.78 bits per heavy atom. The van der Waals surface area contributed by atoms with Crippen LogP contribution in [0.3, 0.4) is 0 Å². The average Bonchev–Trinajstić information content (AvgIpc) is 2.35. The molecule has 18 heavy (non-hydrogen) atoms. The number of benzene rings is 1. The summed E-state index contributed by atoms with van der Waals surface area (Å²) in [6.07, 6.45) is 0.667. The second-order valence-electron chi connectivity index (χ2n) is 3.65. The molecule has 1 N–H and O–H groups in total. The summed E-state index contributed by atoms with van der Waals surface area (Å²) in [5.41, 5.74) is -0.669. The molecule has 0 spiro atoms. The van der Waals surface area contributed by atoms with E-state index >= 15 is 0 Å². The lowest BCUT2D eigenvalue weighted by molar-refractivity contribution is -0.385. The van der Waals surface area contributed by atoms with Crippen LogP contribution in [0.4, 0.5) is 10.1 Å². The van der Waals surface area contributed by atoms with Crippen LogP contribution in [0.1, 0.15) is 23.7 Å². The summed E-state index contributed by atoms with van der Waals surface area (Å²) in [4.78, 5) is 21.9. The fourth-order valence-electron chi connectivity index (χ4n) is 1.36. The second kappa shape index (κ2) is 6.44. The fraction of sp³-hybridized carbons (Fsp3) is 0.364. The standard InChI is InChI=1S/C11H12BrFN2O3/c1-2-8(6-12)14-11(16)9-5-7(13)3-4-10(9)15(17)18/h3-5,8H,2,6H2,1H3,(H,14,16). The van der Waals surface area contributed by atoms with E-state index in [-0.39, 0.29) is 11.6 Å². The highest BCUT2D eigenvalue weighted by molar-refractivity contribution is 9.09. The predicted octanol–water partition coefficient (Wildman–Crippen LogP) is 2.64. The van der Waals surface area contributed by atoms with E-state index in [2.05, 4.69) is 21.2 Å². The van der Waals surface area contributed by atoms with Crippen molar-refractivity contribution in [1.29, 1.82) is 0 Å². The topological polar surface area (TPSA) is 72.2 Å². The summed E-state index contributed by atoms with van der Waals surface area (Å²) in [7, 11) is 0. The molecular weight excluding hydrogens is 307 g/mol. The van der Waals surface area contributed by atoms with Gasteiger partial charge in [0.1, 0.15) is 11.4 Å². The number of nitro benzene ring substituents is 1. The number of alkyl halides is 1. The van der Waals surface area contributed by atoms with E-state index in [0.717, 1.165) is 18.2 Å².